The number of carbonyl (C=O) groups excluding carboxylic acids is 2. The fraction of sp³-hybridized carbons (Fsp3) is 0.200. The third-order valence-corrected chi connectivity index (χ3v) is 2.52. The molecule has 0 saturated heterocycles. The summed E-state index contributed by atoms with van der Waals surface area (Å²) in [4.78, 5) is 21.0. The molecule has 0 saturated carbocycles. The predicted octanol–water partition coefficient (Wildman–Crippen LogP) is 1.19. The van der Waals surface area contributed by atoms with Crippen LogP contribution in [0, 0.1) is 0 Å². The Bertz CT molecular complexity index is 300. The van der Waals surface area contributed by atoms with Gasteiger partial charge in [0.1, 0.15) is 0 Å². The van der Waals surface area contributed by atoms with Crippen molar-refractivity contribution >= 4 is 23.3 Å². The maximum atomic E-state index is 11.1. The Morgan fingerprint density at radius 2 is 2.07 bits per heavy atom. The Balaban J connectivity index is 2.27. The summed E-state index contributed by atoms with van der Waals surface area (Å²) < 4.78 is 0. The first kappa shape index (κ1) is 10.8. The van der Waals surface area contributed by atoms with Crippen LogP contribution in [0.25, 0.3) is 0 Å². The van der Waals surface area contributed by atoms with E-state index in [1.54, 1.807) is 0 Å². The van der Waals surface area contributed by atoms with E-state index in [-0.39, 0.29) is 11.7 Å². The van der Waals surface area contributed by atoms with E-state index in [2.05, 4.69) is 5.32 Å². The van der Waals surface area contributed by atoms with Crippen LogP contribution in [-0.4, -0.2) is 18.1 Å². The van der Waals surface area contributed by atoms with E-state index >= 15 is 0 Å². The molecule has 0 aliphatic carbocycles. The molecule has 0 radical (unpaired) electrons. The van der Waals surface area contributed by atoms with Crippen molar-refractivity contribution in [3.05, 3.63) is 35.9 Å². The van der Waals surface area contributed by atoms with Crippen molar-refractivity contribution in [3.63, 3.8) is 0 Å². The van der Waals surface area contributed by atoms with Crippen LogP contribution in [0.2, 0.25) is 0 Å². The molecule has 1 aromatic carbocycles. The second kappa shape index (κ2) is 6.21. The van der Waals surface area contributed by atoms with E-state index in [0.29, 0.717) is 12.2 Å². The van der Waals surface area contributed by atoms with Crippen molar-refractivity contribution in [1.82, 2.24) is 5.32 Å². The molecule has 74 valence electrons. The molecule has 1 rings (SSSR count). The topological polar surface area (TPSA) is 46.2 Å². The highest BCUT2D eigenvalue weighted by molar-refractivity contribution is 8.13. The lowest BCUT2D eigenvalue weighted by Gasteiger charge is -1.99. The normalized spacial score (nSPS) is 9.43. The zero-order chi connectivity index (χ0) is 10.2. The average molecular weight is 209 g/mol. The zero-order valence-corrected chi connectivity index (χ0v) is 8.42. The molecule has 0 aromatic heterocycles. The lowest BCUT2D eigenvalue weighted by Crippen LogP contribution is -2.18. The average Bonchev–Trinajstić information content (AvgIpc) is 2.25. The quantitative estimate of drug-likeness (QED) is 0.741. The molecule has 3 nitrogen and oxygen atoms in total. The number of nitrogens with one attached hydrogen (secondary N) is 1. The van der Waals surface area contributed by atoms with Crippen molar-refractivity contribution in [1.29, 1.82) is 0 Å². The molecule has 0 unspecified atom stereocenters. The fourth-order valence-corrected chi connectivity index (χ4v) is 1.62. The van der Waals surface area contributed by atoms with Crippen LogP contribution in [0.3, 0.4) is 0 Å². The van der Waals surface area contributed by atoms with Gasteiger partial charge in [-0.3, -0.25) is 9.59 Å². The molecule has 0 heterocycles. The number of rotatable bonds is 5. The molecule has 4 heteroatoms. The Morgan fingerprint density at radius 1 is 1.36 bits per heavy atom. The summed E-state index contributed by atoms with van der Waals surface area (Å²) in [7, 11) is 0. The maximum absolute atomic E-state index is 11.1. The highest BCUT2D eigenvalue weighted by Gasteiger charge is 2.01. The van der Waals surface area contributed by atoms with Gasteiger partial charge in [-0.1, -0.05) is 42.1 Å². The monoisotopic (exact) mass is 209 g/mol. The van der Waals surface area contributed by atoms with E-state index in [9.17, 15) is 9.59 Å². The minimum Gasteiger partial charge on any atom is -0.351 e. The summed E-state index contributed by atoms with van der Waals surface area (Å²) in [6, 6.07) is 9.73. The van der Waals surface area contributed by atoms with Gasteiger partial charge >= 0.3 is 0 Å². The second-order valence-corrected chi connectivity index (χ2v) is 3.68. The smallest absolute Gasteiger partial charge is 0.208 e. The zero-order valence-electron chi connectivity index (χ0n) is 7.60. The van der Waals surface area contributed by atoms with Gasteiger partial charge in [0.05, 0.1) is 6.54 Å². The Morgan fingerprint density at radius 3 is 2.71 bits per heavy atom. The Kier molecular flexibility index (Phi) is 4.78. The number of benzene rings is 1. The predicted molar refractivity (Wildman–Crippen MR) is 56.8 cm³/mol. The van der Waals surface area contributed by atoms with Crippen molar-refractivity contribution in [3.8, 4) is 0 Å². The number of hydrogen-bond donors (Lipinski definition) is 1. The highest BCUT2D eigenvalue weighted by Crippen LogP contribution is 2.11. The number of thioether (sulfide) groups is 1. The highest BCUT2D eigenvalue weighted by atomic mass is 32.2. The van der Waals surface area contributed by atoms with Gasteiger partial charge in [-0.15, -0.1) is 0 Å². The van der Waals surface area contributed by atoms with Gasteiger partial charge in [-0.25, -0.2) is 0 Å². The lowest BCUT2D eigenvalue weighted by molar-refractivity contribution is -0.114. The Hall–Kier alpha value is -1.29. The molecule has 1 amide bonds. The molecule has 0 fully saturated rings. The molecule has 0 aliphatic heterocycles. The van der Waals surface area contributed by atoms with Gasteiger partial charge in [-0.05, 0) is 5.56 Å². The summed E-state index contributed by atoms with van der Waals surface area (Å²) >= 11 is 1.21. The van der Waals surface area contributed by atoms with Crippen LogP contribution in [-0.2, 0) is 15.3 Å². The van der Waals surface area contributed by atoms with Crippen LogP contribution >= 0.6 is 11.8 Å². The van der Waals surface area contributed by atoms with Crippen molar-refractivity contribution in [2.24, 2.45) is 0 Å². The number of amides is 1. The third-order valence-electron chi connectivity index (χ3n) is 1.57. The molecule has 0 spiro atoms. The van der Waals surface area contributed by atoms with Gasteiger partial charge in [0.2, 0.25) is 11.5 Å². The van der Waals surface area contributed by atoms with Crippen molar-refractivity contribution in [2.45, 2.75) is 5.75 Å². The second-order valence-electron chi connectivity index (χ2n) is 2.65. The first-order chi connectivity index (χ1) is 6.83. The van der Waals surface area contributed by atoms with Gasteiger partial charge in [0.25, 0.3) is 0 Å². The summed E-state index contributed by atoms with van der Waals surface area (Å²) in [5, 5.41) is 2.31. The van der Waals surface area contributed by atoms with E-state index < -0.39 is 0 Å². The van der Waals surface area contributed by atoms with Gasteiger partial charge in [0, 0.05) is 5.75 Å². The molecular weight excluding hydrogens is 198 g/mol. The summed E-state index contributed by atoms with van der Waals surface area (Å²) in [6.07, 6.45) is 0.529. The molecular formula is C10H11NO2S. The van der Waals surface area contributed by atoms with Gasteiger partial charge in [-0.2, -0.15) is 0 Å². The minimum absolute atomic E-state index is 0.0269. The maximum Gasteiger partial charge on any atom is 0.208 e. The van der Waals surface area contributed by atoms with Crippen LogP contribution < -0.4 is 5.32 Å². The molecule has 0 atom stereocenters. The standard InChI is InChI=1S/C10H11NO2S/c12-8-11-6-10(13)14-7-9-4-2-1-3-5-9/h1-5,8H,6-7H2,(H,11,12). The SMILES string of the molecule is O=CNCC(=O)SCc1ccccc1. The number of carbonyl (C=O) groups is 2. The largest absolute Gasteiger partial charge is 0.351 e. The molecule has 1 aromatic rings. The molecule has 0 aliphatic rings. The third kappa shape index (κ3) is 4.09. The van der Waals surface area contributed by atoms with E-state index in [1.807, 2.05) is 30.3 Å². The van der Waals surface area contributed by atoms with Gasteiger partial charge < -0.3 is 5.32 Å². The van der Waals surface area contributed by atoms with Crippen LogP contribution in [0.5, 0.6) is 0 Å². The van der Waals surface area contributed by atoms with E-state index in [0.717, 1.165) is 5.56 Å². The Labute approximate surface area is 86.9 Å². The van der Waals surface area contributed by atoms with Crippen LogP contribution in [0.4, 0.5) is 0 Å². The van der Waals surface area contributed by atoms with Crippen molar-refractivity contribution in [2.75, 3.05) is 6.54 Å². The molecule has 1 N–H and O–H groups in total. The fourth-order valence-electron chi connectivity index (χ4n) is 0.914. The van der Waals surface area contributed by atoms with Crippen molar-refractivity contribution < 1.29 is 9.59 Å². The minimum atomic E-state index is -0.0269. The molecule has 0 bridgehead atoms. The first-order valence-corrected chi connectivity index (χ1v) is 5.18. The van der Waals surface area contributed by atoms with E-state index in [1.165, 1.54) is 11.8 Å². The first-order valence-electron chi connectivity index (χ1n) is 4.19. The number of hydrogen-bond acceptors (Lipinski definition) is 3. The summed E-state index contributed by atoms with van der Waals surface area (Å²) in [5.41, 5.74) is 1.11. The summed E-state index contributed by atoms with van der Waals surface area (Å²) in [6.45, 7) is 0.0982. The summed E-state index contributed by atoms with van der Waals surface area (Å²) in [5.74, 6) is 0.653. The lowest BCUT2D eigenvalue weighted by atomic mass is 10.2. The van der Waals surface area contributed by atoms with Crippen LogP contribution in [0.1, 0.15) is 5.56 Å². The van der Waals surface area contributed by atoms with Crippen LogP contribution in [0.15, 0.2) is 30.3 Å². The molecule has 14 heavy (non-hydrogen) atoms. The van der Waals surface area contributed by atoms with E-state index in [4.69, 9.17) is 0 Å². The van der Waals surface area contributed by atoms with Gasteiger partial charge in [0.15, 0.2) is 0 Å².